The van der Waals surface area contributed by atoms with Gasteiger partial charge in [-0.1, -0.05) is 0 Å². The number of halogens is 1. The minimum Gasteiger partial charge on any atom is -0.444 e. The maximum absolute atomic E-state index is 11.9. The van der Waals surface area contributed by atoms with Gasteiger partial charge in [-0.05, 0) is 61.2 Å². The fourth-order valence-electron chi connectivity index (χ4n) is 2.22. The van der Waals surface area contributed by atoms with Crippen LogP contribution in [0.15, 0.2) is 16.7 Å². The van der Waals surface area contributed by atoms with Crippen molar-refractivity contribution in [2.75, 3.05) is 0 Å². The first kappa shape index (κ1) is 15.3. The number of amides is 1. The zero-order chi connectivity index (χ0) is 14.9. The molecule has 2 rings (SSSR count). The van der Waals surface area contributed by atoms with Gasteiger partial charge in [0.2, 0.25) is 0 Å². The lowest BCUT2D eigenvalue weighted by molar-refractivity contribution is 0.0394. The van der Waals surface area contributed by atoms with E-state index < -0.39 is 23.8 Å². The molecule has 6 heteroatoms. The molecule has 1 aliphatic rings. The molecule has 0 spiro atoms. The number of hydrogen-bond donors (Lipinski definition) is 2. The second-order valence-corrected chi connectivity index (χ2v) is 6.84. The predicted octanol–water partition coefficient (Wildman–Crippen LogP) is 2.72. The molecule has 1 aromatic rings. The Kier molecular flexibility index (Phi) is 4.34. The summed E-state index contributed by atoms with van der Waals surface area (Å²) in [5, 5.41) is 12.8. The molecule has 0 fully saturated rings. The average Bonchev–Trinajstić information content (AvgIpc) is 2.30. The SMILES string of the molecule is CC(C)(C)OC(=O)N[C@H]1c2ncc(Br)cc2CC[C@H]1O. The summed E-state index contributed by atoms with van der Waals surface area (Å²) in [6.07, 6.45) is 1.81. The highest BCUT2D eigenvalue weighted by Gasteiger charge is 2.32. The van der Waals surface area contributed by atoms with E-state index in [2.05, 4.69) is 26.2 Å². The van der Waals surface area contributed by atoms with Crippen molar-refractivity contribution in [3.05, 3.63) is 28.0 Å². The molecular weight excluding hydrogens is 324 g/mol. The molecule has 5 nitrogen and oxygen atoms in total. The molecule has 0 radical (unpaired) electrons. The zero-order valence-corrected chi connectivity index (χ0v) is 13.4. The number of ether oxygens (including phenoxy) is 1. The van der Waals surface area contributed by atoms with Crippen molar-refractivity contribution in [1.29, 1.82) is 0 Å². The molecule has 2 atom stereocenters. The van der Waals surface area contributed by atoms with Crippen molar-refractivity contribution >= 4 is 22.0 Å². The van der Waals surface area contributed by atoms with E-state index in [9.17, 15) is 9.90 Å². The van der Waals surface area contributed by atoms with Crippen LogP contribution in [0.4, 0.5) is 4.79 Å². The molecule has 2 N–H and O–H groups in total. The maximum atomic E-state index is 11.9. The second-order valence-electron chi connectivity index (χ2n) is 5.93. The van der Waals surface area contributed by atoms with E-state index in [1.54, 1.807) is 27.0 Å². The molecule has 1 aromatic heterocycles. The van der Waals surface area contributed by atoms with Crippen LogP contribution in [0.5, 0.6) is 0 Å². The molecule has 1 amide bonds. The van der Waals surface area contributed by atoms with Crippen LogP contribution in [0.25, 0.3) is 0 Å². The van der Waals surface area contributed by atoms with Crippen LogP contribution in [0.3, 0.4) is 0 Å². The Morgan fingerprint density at radius 2 is 2.25 bits per heavy atom. The van der Waals surface area contributed by atoms with E-state index in [4.69, 9.17) is 4.74 Å². The Morgan fingerprint density at radius 1 is 1.55 bits per heavy atom. The predicted molar refractivity (Wildman–Crippen MR) is 78.4 cm³/mol. The van der Waals surface area contributed by atoms with Crippen LogP contribution in [0.2, 0.25) is 0 Å². The summed E-state index contributed by atoms with van der Waals surface area (Å²) < 4.78 is 6.12. The Morgan fingerprint density at radius 3 is 2.90 bits per heavy atom. The number of alkyl carbamates (subject to hydrolysis) is 1. The normalized spacial score (nSPS) is 22.1. The summed E-state index contributed by atoms with van der Waals surface area (Å²) in [5.74, 6) is 0. The fourth-order valence-corrected chi connectivity index (χ4v) is 2.60. The molecule has 110 valence electrons. The van der Waals surface area contributed by atoms with Gasteiger partial charge >= 0.3 is 6.09 Å². The van der Waals surface area contributed by atoms with Crippen LogP contribution >= 0.6 is 15.9 Å². The lowest BCUT2D eigenvalue weighted by atomic mass is 9.89. The number of fused-ring (bicyclic) bond motifs is 1. The van der Waals surface area contributed by atoms with Gasteiger partial charge < -0.3 is 15.2 Å². The molecule has 0 saturated heterocycles. The monoisotopic (exact) mass is 342 g/mol. The Hall–Kier alpha value is -1.14. The first-order chi connectivity index (χ1) is 9.26. The lowest BCUT2D eigenvalue weighted by Gasteiger charge is -2.31. The number of carbonyl (C=O) groups excluding carboxylic acids is 1. The smallest absolute Gasteiger partial charge is 0.408 e. The van der Waals surface area contributed by atoms with Gasteiger partial charge in [0.05, 0.1) is 11.8 Å². The van der Waals surface area contributed by atoms with Gasteiger partial charge in [0, 0.05) is 10.7 Å². The maximum Gasteiger partial charge on any atom is 0.408 e. The van der Waals surface area contributed by atoms with Gasteiger partial charge in [-0.2, -0.15) is 0 Å². The molecule has 0 saturated carbocycles. The summed E-state index contributed by atoms with van der Waals surface area (Å²) in [6, 6.07) is 1.44. The quantitative estimate of drug-likeness (QED) is 0.823. The molecule has 1 heterocycles. The van der Waals surface area contributed by atoms with E-state index in [1.165, 1.54) is 0 Å². The number of carbonyl (C=O) groups is 1. The number of aromatic nitrogens is 1. The summed E-state index contributed by atoms with van der Waals surface area (Å²) in [6.45, 7) is 5.40. The van der Waals surface area contributed by atoms with E-state index in [1.807, 2.05) is 6.07 Å². The third-order valence-electron chi connectivity index (χ3n) is 3.03. The summed E-state index contributed by atoms with van der Waals surface area (Å²) >= 11 is 3.38. The topological polar surface area (TPSA) is 71.5 Å². The van der Waals surface area contributed by atoms with Crippen LogP contribution in [0.1, 0.15) is 44.5 Å². The largest absolute Gasteiger partial charge is 0.444 e. The number of rotatable bonds is 1. The highest BCUT2D eigenvalue weighted by Crippen LogP contribution is 2.30. The third kappa shape index (κ3) is 3.70. The average molecular weight is 343 g/mol. The minimum atomic E-state index is -0.649. The van der Waals surface area contributed by atoms with Crippen LogP contribution < -0.4 is 5.32 Å². The van der Waals surface area contributed by atoms with Gasteiger partial charge in [0.15, 0.2) is 0 Å². The number of aliphatic hydroxyl groups excluding tert-OH is 1. The highest BCUT2D eigenvalue weighted by atomic mass is 79.9. The van der Waals surface area contributed by atoms with Crippen molar-refractivity contribution in [1.82, 2.24) is 10.3 Å². The van der Waals surface area contributed by atoms with Crippen molar-refractivity contribution in [2.24, 2.45) is 0 Å². The van der Waals surface area contributed by atoms with Crippen LogP contribution in [-0.4, -0.2) is 27.9 Å². The van der Waals surface area contributed by atoms with Crippen LogP contribution in [0, 0.1) is 0 Å². The number of nitrogens with one attached hydrogen (secondary N) is 1. The molecule has 0 aromatic carbocycles. The van der Waals surface area contributed by atoms with E-state index in [0.29, 0.717) is 12.1 Å². The molecule has 0 aliphatic heterocycles. The van der Waals surface area contributed by atoms with Crippen molar-refractivity contribution in [3.8, 4) is 0 Å². The summed E-state index contributed by atoms with van der Waals surface area (Å²) in [5.41, 5.74) is 1.17. The van der Waals surface area contributed by atoms with Gasteiger partial charge in [0.1, 0.15) is 11.6 Å². The number of aryl methyl sites for hydroxylation is 1. The van der Waals surface area contributed by atoms with Crippen molar-refractivity contribution in [3.63, 3.8) is 0 Å². The second kappa shape index (κ2) is 5.69. The summed E-state index contributed by atoms with van der Waals surface area (Å²) in [4.78, 5) is 16.2. The van der Waals surface area contributed by atoms with Gasteiger partial charge in [0.25, 0.3) is 0 Å². The molecule has 0 bridgehead atoms. The molecule has 20 heavy (non-hydrogen) atoms. The third-order valence-corrected chi connectivity index (χ3v) is 3.46. The highest BCUT2D eigenvalue weighted by molar-refractivity contribution is 9.10. The van der Waals surface area contributed by atoms with Crippen LogP contribution in [-0.2, 0) is 11.2 Å². The number of pyridine rings is 1. The minimum absolute atomic E-state index is 0.526. The van der Waals surface area contributed by atoms with E-state index >= 15 is 0 Å². The zero-order valence-electron chi connectivity index (χ0n) is 11.8. The van der Waals surface area contributed by atoms with E-state index in [0.717, 1.165) is 16.5 Å². The van der Waals surface area contributed by atoms with Gasteiger partial charge in [-0.15, -0.1) is 0 Å². The van der Waals surface area contributed by atoms with Gasteiger partial charge in [-0.25, -0.2) is 4.79 Å². The first-order valence-corrected chi connectivity index (χ1v) is 7.37. The fraction of sp³-hybridized carbons (Fsp3) is 0.571. The van der Waals surface area contributed by atoms with E-state index in [-0.39, 0.29) is 0 Å². The number of nitrogens with zero attached hydrogens (tertiary/aromatic N) is 1. The number of aliphatic hydroxyl groups is 1. The summed E-state index contributed by atoms with van der Waals surface area (Å²) in [7, 11) is 0. The number of hydrogen-bond acceptors (Lipinski definition) is 4. The Labute approximate surface area is 126 Å². The van der Waals surface area contributed by atoms with Crippen molar-refractivity contribution < 1.29 is 14.6 Å². The molecule has 1 aliphatic carbocycles. The molecular formula is C14H19BrN2O3. The molecule has 0 unspecified atom stereocenters. The first-order valence-electron chi connectivity index (χ1n) is 6.58. The lowest BCUT2D eigenvalue weighted by Crippen LogP contribution is -2.42. The Balaban J connectivity index is 2.17. The Bertz CT molecular complexity index is 514. The van der Waals surface area contributed by atoms with Crippen molar-refractivity contribution in [2.45, 2.75) is 51.4 Å². The standard InChI is InChI=1S/C14H19BrN2O3/c1-14(2,3)20-13(19)17-12-10(18)5-4-8-6-9(15)7-16-11(8)12/h6-7,10,12,18H,4-5H2,1-3H3,(H,17,19)/t10-,12-/m1/s1. The van der Waals surface area contributed by atoms with Gasteiger partial charge in [-0.3, -0.25) is 4.98 Å².